The summed E-state index contributed by atoms with van der Waals surface area (Å²) in [6, 6.07) is 14.5. The minimum absolute atomic E-state index is 0.00278. The maximum absolute atomic E-state index is 13.4. The van der Waals surface area contributed by atoms with Crippen LogP contribution in [0.5, 0.6) is 5.75 Å². The van der Waals surface area contributed by atoms with Crippen molar-refractivity contribution in [3.8, 4) is 5.75 Å². The van der Waals surface area contributed by atoms with E-state index in [1.807, 2.05) is 0 Å². The molecule has 0 aromatic heterocycles. The zero-order valence-corrected chi connectivity index (χ0v) is 21.9. The van der Waals surface area contributed by atoms with Gasteiger partial charge in [-0.05, 0) is 78.0 Å². The second-order valence-electron chi connectivity index (χ2n) is 8.12. The largest absolute Gasteiger partial charge is 0.497 e. The van der Waals surface area contributed by atoms with Gasteiger partial charge in [-0.1, -0.05) is 12.1 Å². The first-order valence-electron chi connectivity index (χ1n) is 11.3. The van der Waals surface area contributed by atoms with E-state index in [1.54, 1.807) is 37.5 Å². The molecule has 1 fully saturated rings. The number of benzene rings is 3. The number of carbonyl (C=O) groups excluding carboxylic acids is 3. The first kappa shape index (κ1) is 27.8. The van der Waals surface area contributed by atoms with Gasteiger partial charge in [0.15, 0.2) is 11.6 Å². The van der Waals surface area contributed by atoms with Crippen LogP contribution < -0.4 is 14.8 Å². The number of nitrogens with zero attached hydrogens (tertiary/aromatic N) is 1. The van der Waals surface area contributed by atoms with Gasteiger partial charge in [0.2, 0.25) is 0 Å². The molecule has 9 nitrogen and oxygen atoms in total. The number of halogens is 2. The molecule has 0 spiro atoms. The summed E-state index contributed by atoms with van der Waals surface area (Å²) in [6.07, 6.45) is 1.60. The molecule has 0 unspecified atom stereocenters. The molecular weight excluding hydrogens is 552 g/mol. The molecule has 13 heteroatoms. The molecule has 0 bridgehead atoms. The third kappa shape index (κ3) is 6.62. The molecule has 3 aromatic carbocycles. The van der Waals surface area contributed by atoms with Crippen molar-refractivity contribution in [3.63, 3.8) is 0 Å². The molecule has 0 saturated carbocycles. The summed E-state index contributed by atoms with van der Waals surface area (Å²) in [5.74, 6) is -2.79. The topological polar surface area (TPSA) is 122 Å². The van der Waals surface area contributed by atoms with Gasteiger partial charge in [0.05, 0.1) is 16.9 Å². The van der Waals surface area contributed by atoms with Crippen LogP contribution in [0.2, 0.25) is 0 Å². The second-order valence-corrected chi connectivity index (χ2v) is 10.8. The highest BCUT2D eigenvalue weighted by Crippen LogP contribution is 2.32. The monoisotopic (exact) mass is 573 g/mol. The lowest BCUT2D eigenvalue weighted by Gasteiger charge is -2.13. The van der Waals surface area contributed by atoms with Crippen LogP contribution in [0, 0.1) is 11.6 Å². The van der Waals surface area contributed by atoms with Gasteiger partial charge in [-0.15, -0.1) is 0 Å². The van der Waals surface area contributed by atoms with Crippen LogP contribution >= 0.6 is 11.8 Å². The first-order valence-corrected chi connectivity index (χ1v) is 13.6. The summed E-state index contributed by atoms with van der Waals surface area (Å²) in [5.41, 5.74) is 1.02. The number of rotatable bonds is 9. The highest BCUT2D eigenvalue weighted by atomic mass is 32.2. The number of sulfonamides is 1. The van der Waals surface area contributed by atoms with Crippen molar-refractivity contribution in [1.82, 2.24) is 10.2 Å². The zero-order valence-electron chi connectivity index (χ0n) is 20.3. The number of carbonyl (C=O) groups is 3. The number of methoxy groups -OCH3 is 1. The Bertz CT molecular complexity index is 1560. The lowest BCUT2D eigenvalue weighted by Crippen LogP contribution is -2.37. The number of hydrogen-bond acceptors (Lipinski definition) is 7. The molecule has 2 N–H and O–H groups in total. The average molecular weight is 574 g/mol. The van der Waals surface area contributed by atoms with Crippen LogP contribution in [0.4, 0.5) is 19.3 Å². The quantitative estimate of drug-likeness (QED) is 0.367. The van der Waals surface area contributed by atoms with E-state index in [0.29, 0.717) is 17.9 Å². The lowest BCUT2D eigenvalue weighted by molar-refractivity contribution is -0.122. The van der Waals surface area contributed by atoms with Gasteiger partial charge in [-0.2, -0.15) is 0 Å². The standard InChI is InChI=1S/C26H21F2N3O6S2/c1-37-19-8-2-16(3-9-19)14-23-25(33)31(26(34)38-23)13-12-29-24(32)17-4-6-18(7-5-17)30-39(35,36)20-10-11-21(27)22(28)15-20/h2-11,14-15,30H,12-13H2,1H3,(H,29,32)/b23-14+. The van der Waals surface area contributed by atoms with Crippen molar-refractivity contribution in [1.29, 1.82) is 0 Å². The molecule has 4 rings (SSSR count). The predicted molar refractivity (Wildman–Crippen MR) is 142 cm³/mol. The highest BCUT2D eigenvalue weighted by Gasteiger charge is 2.34. The van der Waals surface area contributed by atoms with Crippen molar-refractivity contribution >= 4 is 50.6 Å². The SMILES string of the molecule is COc1ccc(/C=C2/SC(=O)N(CCNC(=O)c3ccc(NS(=O)(=O)c4ccc(F)c(F)c4)cc3)C2=O)cc1. The Morgan fingerprint density at radius 3 is 2.33 bits per heavy atom. The Hall–Kier alpha value is -4.23. The van der Waals surface area contributed by atoms with E-state index in [1.165, 1.54) is 24.3 Å². The summed E-state index contributed by atoms with van der Waals surface area (Å²) >= 11 is 0.807. The molecule has 202 valence electrons. The van der Waals surface area contributed by atoms with E-state index in [4.69, 9.17) is 4.74 Å². The van der Waals surface area contributed by atoms with Crippen molar-refractivity contribution in [2.24, 2.45) is 0 Å². The fourth-order valence-corrected chi connectivity index (χ4v) is 5.41. The molecule has 3 amide bonds. The van der Waals surface area contributed by atoms with E-state index in [2.05, 4.69) is 10.0 Å². The third-order valence-electron chi connectivity index (χ3n) is 5.51. The van der Waals surface area contributed by atoms with E-state index in [0.717, 1.165) is 28.3 Å². The first-order chi connectivity index (χ1) is 18.6. The molecule has 0 radical (unpaired) electrons. The van der Waals surface area contributed by atoms with Crippen LogP contribution in [0.3, 0.4) is 0 Å². The molecular formula is C26H21F2N3O6S2. The summed E-state index contributed by atoms with van der Waals surface area (Å²) < 4.78 is 58.6. The molecule has 1 aliphatic heterocycles. The fraction of sp³-hybridized carbons (Fsp3) is 0.115. The van der Waals surface area contributed by atoms with Gasteiger partial charge in [0.1, 0.15) is 5.75 Å². The number of anilines is 1. The highest BCUT2D eigenvalue weighted by molar-refractivity contribution is 8.18. The molecule has 0 aliphatic carbocycles. The Kier molecular flexibility index (Phi) is 8.31. The molecule has 3 aromatic rings. The molecule has 39 heavy (non-hydrogen) atoms. The van der Waals surface area contributed by atoms with Crippen molar-refractivity contribution in [2.75, 3.05) is 24.9 Å². The van der Waals surface area contributed by atoms with Crippen LogP contribution in [-0.2, 0) is 14.8 Å². The number of ether oxygens (including phenoxy) is 1. The average Bonchev–Trinajstić information content (AvgIpc) is 3.18. The number of amides is 3. The van der Waals surface area contributed by atoms with E-state index >= 15 is 0 Å². The Morgan fingerprint density at radius 2 is 1.69 bits per heavy atom. The molecule has 1 aliphatic rings. The summed E-state index contributed by atoms with van der Waals surface area (Å²) in [7, 11) is -2.64. The number of thioether (sulfide) groups is 1. The van der Waals surface area contributed by atoms with Crippen LogP contribution in [0.1, 0.15) is 15.9 Å². The number of nitrogens with one attached hydrogen (secondary N) is 2. The third-order valence-corrected chi connectivity index (χ3v) is 7.80. The predicted octanol–water partition coefficient (Wildman–Crippen LogP) is 4.24. The smallest absolute Gasteiger partial charge is 0.293 e. The number of imide groups is 1. The van der Waals surface area contributed by atoms with Gasteiger partial charge in [-0.3, -0.25) is 24.0 Å². The molecule has 0 atom stereocenters. The van der Waals surface area contributed by atoms with E-state index in [9.17, 15) is 31.6 Å². The Labute approximate surface area is 226 Å². The normalized spacial score (nSPS) is 14.5. The zero-order chi connectivity index (χ0) is 28.2. The Balaban J connectivity index is 1.31. The number of hydrogen-bond donors (Lipinski definition) is 2. The maximum Gasteiger partial charge on any atom is 0.293 e. The minimum atomic E-state index is -4.19. The summed E-state index contributed by atoms with van der Waals surface area (Å²) in [4.78, 5) is 38.3. The van der Waals surface area contributed by atoms with Crippen molar-refractivity contribution in [2.45, 2.75) is 4.90 Å². The van der Waals surface area contributed by atoms with Gasteiger partial charge in [-0.25, -0.2) is 17.2 Å². The summed E-state index contributed by atoms with van der Waals surface area (Å²) in [5, 5.41) is 2.15. The van der Waals surface area contributed by atoms with Gasteiger partial charge < -0.3 is 10.1 Å². The summed E-state index contributed by atoms with van der Waals surface area (Å²) in [6.45, 7) is -0.0420. The second kappa shape index (κ2) is 11.7. The van der Waals surface area contributed by atoms with Crippen LogP contribution in [0.25, 0.3) is 6.08 Å². The van der Waals surface area contributed by atoms with Crippen LogP contribution in [0.15, 0.2) is 76.5 Å². The maximum atomic E-state index is 13.4. The van der Waals surface area contributed by atoms with E-state index in [-0.39, 0.29) is 29.2 Å². The lowest BCUT2D eigenvalue weighted by atomic mass is 10.2. The van der Waals surface area contributed by atoms with Gasteiger partial charge >= 0.3 is 0 Å². The fourth-order valence-electron chi connectivity index (χ4n) is 3.48. The van der Waals surface area contributed by atoms with Crippen molar-refractivity contribution in [3.05, 3.63) is 94.4 Å². The van der Waals surface area contributed by atoms with Gasteiger partial charge in [0, 0.05) is 24.3 Å². The van der Waals surface area contributed by atoms with Gasteiger partial charge in [0.25, 0.3) is 27.1 Å². The molecule has 1 saturated heterocycles. The van der Waals surface area contributed by atoms with Crippen molar-refractivity contribution < 1.29 is 36.3 Å². The molecule has 1 heterocycles. The van der Waals surface area contributed by atoms with E-state index < -0.39 is 43.6 Å². The van der Waals surface area contributed by atoms with Crippen LogP contribution in [-0.4, -0.2) is 50.6 Å². The Morgan fingerprint density at radius 1 is 1.00 bits per heavy atom. The minimum Gasteiger partial charge on any atom is -0.497 e.